The number of halogens is 3. The number of nitrogens with one attached hydrogen (secondary N) is 3. The second-order valence-corrected chi connectivity index (χ2v) is 23.3. The molecular weight excluding hydrogens is 1120 g/mol. The standard InChI is InChI=1S/C59H75ClF2N16O7/c1-63-50(79)35-85-49-28-38-26-40(29-48(84-6)52(38)71(5)57(49)82)66-54-45(60)34-69(3)58(67-54)75-17-9-36(10-18-75)56(81)74-24-22-72(23-25-74)16-14-51(80)73-19-11-41(12-20-73)78-46-13-21-76(59(83)64-2)33-44(46)55(68-78)77-15-7-8-37-27-42(39-31-65-70(4)32-39)43(53(61)62)30-47(37)77/h26-32,36,41,53,66H,7-25,33-35H2,1-6H3,(H,63,79)(H,64,83). The van der Waals surface area contributed by atoms with E-state index in [0.29, 0.717) is 179 Å². The van der Waals surface area contributed by atoms with Crippen LogP contribution in [0.25, 0.3) is 22.0 Å². The Hall–Kier alpha value is -7.93. The second-order valence-electron chi connectivity index (χ2n) is 22.8. The Morgan fingerprint density at radius 3 is 2.29 bits per heavy atom. The van der Waals surface area contributed by atoms with E-state index in [1.807, 2.05) is 33.9 Å². The van der Waals surface area contributed by atoms with Gasteiger partial charge in [0.2, 0.25) is 17.8 Å². The molecule has 6 aliphatic heterocycles. The summed E-state index contributed by atoms with van der Waals surface area (Å²) >= 11 is 6.83. The van der Waals surface area contributed by atoms with Crippen molar-refractivity contribution in [1.82, 2.24) is 64.2 Å². The van der Waals surface area contributed by atoms with Gasteiger partial charge in [0.25, 0.3) is 17.9 Å². The highest BCUT2D eigenvalue weighted by molar-refractivity contribution is 6.30. The minimum Gasteiger partial charge on any atom is -0.494 e. The maximum Gasteiger partial charge on any atom is 0.317 e. The first kappa shape index (κ1) is 58.8. The number of carbonyl (C=O) groups excluding carboxylic acids is 4. The number of aryl methyl sites for hydroxylation is 3. The number of nitrogens with zero attached hydrogens (tertiary/aromatic N) is 13. The van der Waals surface area contributed by atoms with Gasteiger partial charge in [0, 0.05) is 177 Å². The maximum absolute atomic E-state index is 14.9. The number of methoxy groups -OCH3 is 1. The molecule has 2 aromatic carbocycles. The third-order valence-electron chi connectivity index (χ3n) is 17.6. The SMILES string of the molecule is CNC(=O)COc1cc2cc(NC3=C(Cl)CN(C)C(N4CCC(C(=O)N5CCN(CCC(=O)N6CCC(n7nc(N8CCCc9cc(-c%10cnn(C)c%10)c(C(F)F)cc98)c8c7CCN(C(=O)NC)C8)CC6)CC5)CC4)=N3)cc(OC)c2n(C)c1=O. The van der Waals surface area contributed by atoms with E-state index in [1.165, 1.54) is 18.7 Å². The van der Waals surface area contributed by atoms with Crippen LogP contribution in [0.4, 0.5) is 30.8 Å². The number of urea groups is 1. The number of likely N-dealkylation sites (tertiary alicyclic amines) is 2. The molecule has 3 saturated heterocycles. The van der Waals surface area contributed by atoms with Gasteiger partial charge in [-0.1, -0.05) is 11.6 Å². The van der Waals surface area contributed by atoms with Crippen molar-refractivity contribution in [3.05, 3.63) is 86.3 Å². The summed E-state index contributed by atoms with van der Waals surface area (Å²) in [4.78, 5) is 85.0. The van der Waals surface area contributed by atoms with E-state index in [4.69, 9.17) is 31.2 Å². The highest BCUT2D eigenvalue weighted by Crippen LogP contribution is 2.44. The Kier molecular flexibility index (Phi) is 17.3. The molecule has 0 radical (unpaired) electrons. The fourth-order valence-electron chi connectivity index (χ4n) is 12.9. The smallest absolute Gasteiger partial charge is 0.317 e. The summed E-state index contributed by atoms with van der Waals surface area (Å²) in [5, 5.41) is 19.3. The number of pyridine rings is 1. The summed E-state index contributed by atoms with van der Waals surface area (Å²) < 4.78 is 46.2. The number of aromatic nitrogens is 5. The molecule has 0 bridgehead atoms. The quantitative estimate of drug-likeness (QED) is 0.130. The van der Waals surface area contributed by atoms with Crippen molar-refractivity contribution in [1.29, 1.82) is 0 Å². The Bertz CT molecular complexity index is 3500. The fourth-order valence-corrected chi connectivity index (χ4v) is 13.2. The van der Waals surface area contributed by atoms with Gasteiger partial charge in [0.1, 0.15) is 5.75 Å². The van der Waals surface area contributed by atoms with E-state index in [9.17, 15) is 32.8 Å². The number of rotatable bonds is 14. The van der Waals surface area contributed by atoms with Crippen LogP contribution in [0.1, 0.15) is 73.4 Å². The van der Waals surface area contributed by atoms with Crippen molar-refractivity contribution < 1.29 is 37.4 Å². The molecule has 454 valence electrons. The van der Waals surface area contributed by atoms with Gasteiger partial charge in [0.15, 0.2) is 24.0 Å². The lowest BCUT2D eigenvalue weighted by atomic mass is 9.92. The van der Waals surface area contributed by atoms with Gasteiger partial charge in [-0.15, -0.1) is 0 Å². The topological polar surface area (TPSA) is 216 Å². The molecule has 5 aromatic rings. The lowest BCUT2D eigenvalue weighted by Crippen LogP contribution is -2.53. The number of likely N-dealkylation sites (N-methyl/N-ethyl adjacent to an activating group) is 2. The summed E-state index contributed by atoms with van der Waals surface area (Å²) in [6.45, 7) is 7.21. The molecule has 5 amide bonds. The second kappa shape index (κ2) is 25.0. The van der Waals surface area contributed by atoms with E-state index in [2.05, 4.69) is 40.4 Å². The molecule has 0 aliphatic carbocycles. The Morgan fingerprint density at radius 2 is 1.60 bits per heavy atom. The number of anilines is 3. The molecule has 3 fully saturated rings. The minimum absolute atomic E-state index is 0.0203. The van der Waals surface area contributed by atoms with Crippen molar-refractivity contribution in [3.8, 4) is 22.6 Å². The van der Waals surface area contributed by atoms with Gasteiger partial charge in [-0.3, -0.25) is 33.4 Å². The number of aliphatic imine (C=N–C) groups is 1. The van der Waals surface area contributed by atoms with E-state index < -0.39 is 12.0 Å². The van der Waals surface area contributed by atoms with Crippen molar-refractivity contribution in [2.75, 3.05) is 124 Å². The van der Waals surface area contributed by atoms with Crippen LogP contribution in [0.3, 0.4) is 0 Å². The molecule has 9 heterocycles. The van der Waals surface area contributed by atoms with E-state index in [1.54, 1.807) is 61.3 Å². The van der Waals surface area contributed by atoms with Gasteiger partial charge in [-0.05, 0) is 73.9 Å². The highest BCUT2D eigenvalue weighted by atomic mass is 35.5. The molecule has 11 rings (SSSR count). The van der Waals surface area contributed by atoms with Crippen molar-refractivity contribution in [2.45, 2.75) is 70.4 Å². The molecule has 0 unspecified atom stereocenters. The Labute approximate surface area is 497 Å². The number of benzene rings is 2. The molecule has 6 aliphatic rings. The average molecular weight is 1190 g/mol. The Balaban J connectivity index is 0.668. The third kappa shape index (κ3) is 12.1. The summed E-state index contributed by atoms with van der Waals surface area (Å²) in [5.74, 6) is 2.14. The summed E-state index contributed by atoms with van der Waals surface area (Å²) in [6.07, 6.45) is 5.97. The third-order valence-corrected chi connectivity index (χ3v) is 17.9. The zero-order valence-corrected chi connectivity index (χ0v) is 49.9. The van der Waals surface area contributed by atoms with Crippen LogP contribution in [0.5, 0.6) is 11.5 Å². The van der Waals surface area contributed by atoms with E-state index >= 15 is 0 Å². The molecule has 3 N–H and O–H groups in total. The van der Waals surface area contributed by atoms with Crippen LogP contribution in [0, 0.1) is 5.92 Å². The number of carbonyl (C=O) groups is 4. The van der Waals surface area contributed by atoms with Crippen LogP contribution >= 0.6 is 11.6 Å². The molecule has 85 heavy (non-hydrogen) atoms. The van der Waals surface area contributed by atoms with Crippen LogP contribution in [0.2, 0.25) is 0 Å². The zero-order valence-electron chi connectivity index (χ0n) is 49.1. The zero-order chi connectivity index (χ0) is 59.8. The van der Waals surface area contributed by atoms with Gasteiger partial charge in [0.05, 0.1) is 43.0 Å². The number of hydrogen-bond acceptors (Lipinski definition) is 15. The number of hydrogen-bond donors (Lipinski definition) is 3. The van der Waals surface area contributed by atoms with Gasteiger partial charge in [-0.25, -0.2) is 13.6 Å². The molecule has 23 nitrogen and oxygen atoms in total. The summed E-state index contributed by atoms with van der Waals surface area (Å²) in [5.41, 5.74) is 5.46. The first-order valence-corrected chi connectivity index (χ1v) is 29.7. The van der Waals surface area contributed by atoms with Crippen LogP contribution in [-0.2, 0) is 47.9 Å². The number of piperazine rings is 1. The predicted molar refractivity (Wildman–Crippen MR) is 318 cm³/mol. The first-order chi connectivity index (χ1) is 41.0. The number of amides is 5. The van der Waals surface area contributed by atoms with E-state index in [0.717, 1.165) is 35.6 Å². The van der Waals surface area contributed by atoms with Crippen LogP contribution in [-0.4, -0.2) is 197 Å². The van der Waals surface area contributed by atoms with Gasteiger partial charge < -0.3 is 59.4 Å². The molecule has 0 spiro atoms. The van der Waals surface area contributed by atoms with Gasteiger partial charge >= 0.3 is 6.03 Å². The number of fused-ring (bicyclic) bond motifs is 3. The molecule has 0 saturated carbocycles. The molecule has 26 heteroatoms. The lowest BCUT2D eigenvalue weighted by molar-refractivity contribution is -0.139. The first-order valence-electron chi connectivity index (χ1n) is 29.3. The number of guanidine groups is 1. The van der Waals surface area contributed by atoms with Gasteiger partial charge in [-0.2, -0.15) is 15.2 Å². The van der Waals surface area contributed by atoms with Crippen LogP contribution < -0.4 is 35.9 Å². The number of alkyl halides is 2. The number of piperidine rings is 2. The van der Waals surface area contributed by atoms with E-state index in [-0.39, 0.29) is 53.6 Å². The normalized spacial score (nSPS) is 18.2. The molecule has 0 atom stereocenters. The molecule has 3 aromatic heterocycles. The monoisotopic (exact) mass is 1190 g/mol. The fraction of sp³-hybridized carbons (Fsp3) is 0.525. The minimum atomic E-state index is -2.70. The van der Waals surface area contributed by atoms with Crippen LogP contribution in [0.15, 0.2) is 63.4 Å². The average Bonchev–Trinajstić information content (AvgIpc) is 2.17. The highest BCUT2D eigenvalue weighted by Gasteiger charge is 2.37. The predicted octanol–water partition coefficient (Wildman–Crippen LogP) is 5.22. The lowest BCUT2D eigenvalue weighted by Gasteiger charge is -2.41. The largest absolute Gasteiger partial charge is 0.494 e. The Morgan fingerprint density at radius 1 is 0.835 bits per heavy atom. The number of ether oxygens (including phenoxy) is 2. The molecular formula is C59H75ClF2N16O7. The maximum atomic E-state index is 14.9. The summed E-state index contributed by atoms with van der Waals surface area (Å²) in [7, 11) is 9.96. The van der Waals surface area contributed by atoms with Crippen molar-refractivity contribution in [3.63, 3.8) is 0 Å². The van der Waals surface area contributed by atoms with Crippen molar-refractivity contribution >= 4 is 69.4 Å². The summed E-state index contributed by atoms with van der Waals surface area (Å²) in [6, 6.07) is 8.53. The van der Waals surface area contributed by atoms with Crippen molar-refractivity contribution in [2.24, 2.45) is 25.0 Å².